The molecule has 0 bridgehead atoms. The van der Waals surface area contributed by atoms with E-state index in [2.05, 4.69) is 29.6 Å². The summed E-state index contributed by atoms with van der Waals surface area (Å²) in [6, 6.07) is 15.5. The van der Waals surface area contributed by atoms with E-state index in [9.17, 15) is 14.4 Å². The average molecular weight is 465 g/mol. The molecule has 2 amide bonds. The maximum atomic E-state index is 13.1. The quantitative estimate of drug-likeness (QED) is 0.573. The van der Waals surface area contributed by atoms with Crippen molar-refractivity contribution in [3.05, 3.63) is 59.7 Å². The van der Waals surface area contributed by atoms with Gasteiger partial charge < -0.3 is 20.1 Å². The molecule has 34 heavy (non-hydrogen) atoms. The van der Waals surface area contributed by atoms with Gasteiger partial charge in [-0.2, -0.15) is 0 Å². The maximum Gasteiger partial charge on any atom is 0.407 e. The van der Waals surface area contributed by atoms with E-state index in [0.717, 1.165) is 35.1 Å². The molecule has 0 aromatic heterocycles. The van der Waals surface area contributed by atoms with Gasteiger partial charge in [-0.3, -0.25) is 9.59 Å². The zero-order valence-corrected chi connectivity index (χ0v) is 19.7. The van der Waals surface area contributed by atoms with Crippen molar-refractivity contribution < 1.29 is 24.2 Å². The van der Waals surface area contributed by atoms with Crippen LogP contribution in [0.15, 0.2) is 48.5 Å². The summed E-state index contributed by atoms with van der Waals surface area (Å²) in [4.78, 5) is 38.5. The third-order valence-corrected chi connectivity index (χ3v) is 7.14. The number of nitrogens with zero attached hydrogens (tertiary/aromatic N) is 1. The lowest BCUT2D eigenvalue weighted by atomic mass is 9.79. The second-order valence-corrected chi connectivity index (χ2v) is 9.27. The lowest BCUT2D eigenvalue weighted by Crippen LogP contribution is -2.54. The summed E-state index contributed by atoms with van der Waals surface area (Å²) in [6.45, 7) is 2.22. The van der Waals surface area contributed by atoms with Gasteiger partial charge in [0.1, 0.15) is 12.6 Å². The number of ether oxygens (including phenoxy) is 1. The number of nitrogens with one attached hydrogen (secondary N) is 1. The SMILES string of the molecule is CCCC[C@H](NC(=O)OCC1c2ccccc2-c2ccccc21)C(=O)N(C)C1CC(C(=O)O)C1. The molecule has 0 aliphatic heterocycles. The smallest absolute Gasteiger partial charge is 0.407 e. The summed E-state index contributed by atoms with van der Waals surface area (Å²) >= 11 is 0. The Morgan fingerprint density at radius 3 is 2.21 bits per heavy atom. The highest BCUT2D eigenvalue weighted by Crippen LogP contribution is 2.44. The number of carboxylic acids is 1. The molecule has 0 radical (unpaired) electrons. The minimum atomic E-state index is -0.823. The number of rotatable bonds is 9. The van der Waals surface area contributed by atoms with E-state index in [0.29, 0.717) is 19.3 Å². The lowest BCUT2D eigenvalue weighted by Gasteiger charge is -2.40. The van der Waals surface area contributed by atoms with Gasteiger partial charge in [-0.05, 0) is 41.5 Å². The third-order valence-electron chi connectivity index (χ3n) is 7.14. The molecule has 0 spiro atoms. The molecule has 2 N–H and O–H groups in total. The number of carboxylic acid groups (broad SMARTS) is 1. The van der Waals surface area contributed by atoms with Crippen molar-refractivity contribution in [3.8, 4) is 11.1 Å². The van der Waals surface area contributed by atoms with Gasteiger partial charge >= 0.3 is 12.1 Å². The number of carbonyl (C=O) groups excluding carboxylic acids is 2. The Bertz CT molecular complexity index is 1020. The van der Waals surface area contributed by atoms with Crippen molar-refractivity contribution >= 4 is 18.0 Å². The first-order chi connectivity index (χ1) is 16.4. The van der Waals surface area contributed by atoms with E-state index in [1.807, 2.05) is 31.2 Å². The van der Waals surface area contributed by atoms with E-state index in [1.54, 1.807) is 11.9 Å². The Balaban J connectivity index is 1.38. The predicted octanol–water partition coefficient (Wildman–Crippen LogP) is 4.41. The van der Waals surface area contributed by atoms with E-state index in [4.69, 9.17) is 9.84 Å². The summed E-state index contributed by atoms with van der Waals surface area (Å²) < 4.78 is 5.63. The normalized spacial score (nSPS) is 19.4. The fourth-order valence-electron chi connectivity index (χ4n) is 4.98. The van der Waals surface area contributed by atoms with Crippen LogP contribution >= 0.6 is 0 Å². The molecule has 7 nitrogen and oxygen atoms in total. The Labute approximate surface area is 200 Å². The van der Waals surface area contributed by atoms with Gasteiger partial charge in [0.15, 0.2) is 0 Å². The number of benzene rings is 2. The summed E-state index contributed by atoms with van der Waals surface area (Å²) in [6.07, 6.45) is 2.48. The van der Waals surface area contributed by atoms with Crippen LogP contribution < -0.4 is 5.32 Å². The number of fused-ring (bicyclic) bond motifs is 3. The van der Waals surface area contributed by atoms with Crippen LogP contribution in [0.2, 0.25) is 0 Å². The first-order valence-electron chi connectivity index (χ1n) is 12.0. The zero-order valence-electron chi connectivity index (χ0n) is 19.7. The second-order valence-electron chi connectivity index (χ2n) is 9.27. The van der Waals surface area contributed by atoms with Crippen LogP contribution in [0.3, 0.4) is 0 Å². The molecule has 4 rings (SSSR count). The molecule has 1 fully saturated rings. The minimum Gasteiger partial charge on any atom is -0.481 e. The number of unbranched alkanes of at least 4 members (excludes halogenated alkanes) is 1. The van der Waals surface area contributed by atoms with Gasteiger partial charge in [-0.25, -0.2) is 4.79 Å². The molecule has 0 saturated heterocycles. The van der Waals surface area contributed by atoms with Gasteiger partial charge in [-0.1, -0.05) is 68.3 Å². The van der Waals surface area contributed by atoms with Crippen molar-refractivity contribution in [2.24, 2.45) is 5.92 Å². The van der Waals surface area contributed by atoms with Gasteiger partial charge in [0.25, 0.3) is 0 Å². The largest absolute Gasteiger partial charge is 0.481 e. The highest BCUT2D eigenvalue weighted by molar-refractivity contribution is 5.86. The van der Waals surface area contributed by atoms with Crippen molar-refractivity contribution in [2.45, 2.75) is 57.0 Å². The molecular weight excluding hydrogens is 432 g/mol. The molecule has 1 saturated carbocycles. The topological polar surface area (TPSA) is 95.9 Å². The number of amides is 2. The van der Waals surface area contributed by atoms with E-state index >= 15 is 0 Å². The summed E-state index contributed by atoms with van der Waals surface area (Å²) in [5.41, 5.74) is 4.58. The molecule has 0 unspecified atom stereocenters. The molecule has 2 aliphatic rings. The number of carbonyl (C=O) groups is 3. The molecule has 2 aromatic carbocycles. The standard InChI is InChI=1S/C27H32N2O5/c1-3-4-13-24(25(30)29(2)18-14-17(15-18)26(31)32)28-27(33)34-16-23-21-11-7-5-9-19(21)20-10-6-8-12-22(20)23/h5-12,17-18,23-24H,3-4,13-16H2,1-2H3,(H,28,33)(H,31,32)/t17?,18?,24-/m0/s1. The Morgan fingerprint density at radius 2 is 1.65 bits per heavy atom. The lowest BCUT2D eigenvalue weighted by molar-refractivity contribution is -0.150. The Kier molecular flexibility index (Phi) is 7.20. The Hall–Kier alpha value is -3.35. The second kappa shape index (κ2) is 10.3. The van der Waals surface area contributed by atoms with Crippen molar-refractivity contribution in [3.63, 3.8) is 0 Å². The van der Waals surface area contributed by atoms with Gasteiger partial charge in [0.2, 0.25) is 5.91 Å². The number of alkyl carbamates (subject to hydrolysis) is 1. The van der Waals surface area contributed by atoms with Crippen molar-refractivity contribution in [1.29, 1.82) is 0 Å². The van der Waals surface area contributed by atoms with E-state index in [1.165, 1.54) is 0 Å². The van der Waals surface area contributed by atoms with Crippen molar-refractivity contribution in [1.82, 2.24) is 10.2 Å². The van der Waals surface area contributed by atoms with Crippen molar-refractivity contribution in [2.75, 3.05) is 13.7 Å². The summed E-state index contributed by atoms with van der Waals surface area (Å²) in [5.74, 6) is -1.47. The number of likely N-dealkylation sites (N-methyl/N-ethyl adjacent to an activating group) is 1. The van der Waals surface area contributed by atoms with Crippen LogP contribution in [0.5, 0.6) is 0 Å². The minimum absolute atomic E-state index is 0.0476. The first-order valence-corrected chi connectivity index (χ1v) is 12.0. The van der Waals surface area contributed by atoms with Gasteiger partial charge in [-0.15, -0.1) is 0 Å². The number of aliphatic carboxylic acids is 1. The van der Waals surface area contributed by atoms with E-state index in [-0.39, 0.29) is 24.5 Å². The van der Waals surface area contributed by atoms with E-state index < -0.39 is 24.0 Å². The van der Waals surface area contributed by atoms with Gasteiger partial charge in [0, 0.05) is 19.0 Å². The number of hydrogen-bond acceptors (Lipinski definition) is 4. The Morgan fingerprint density at radius 1 is 1.06 bits per heavy atom. The molecular formula is C27H32N2O5. The molecule has 180 valence electrons. The molecule has 0 heterocycles. The highest BCUT2D eigenvalue weighted by atomic mass is 16.5. The van der Waals surface area contributed by atoms with Gasteiger partial charge in [0.05, 0.1) is 5.92 Å². The zero-order chi connectivity index (χ0) is 24.2. The fraction of sp³-hybridized carbons (Fsp3) is 0.444. The van der Waals surface area contributed by atoms with Crippen LogP contribution in [0, 0.1) is 5.92 Å². The first kappa shape index (κ1) is 23.8. The maximum absolute atomic E-state index is 13.1. The molecule has 1 atom stereocenters. The predicted molar refractivity (Wildman–Crippen MR) is 128 cm³/mol. The van der Waals surface area contributed by atoms with Crippen LogP contribution in [0.4, 0.5) is 4.79 Å². The molecule has 2 aliphatic carbocycles. The third kappa shape index (κ3) is 4.79. The number of hydrogen-bond donors (Lipinski definition) is 2. The molecule has 2 aromatic rings. The monoisotopic (exact) mass is 464 g/mol. The average Bonchev–Trinajstić information content (AvgIpc) is 3.12. The summed E-state index contributed by atoms with van der Waals surface area (Å²) in [7, 11) is 1.68. The highest BCUT2D eigenvalue weighted by Gasteiger charge is 2.40. The molecule has 7 heteroatoms. The van der Waals surface area contributed by atoms with Crippen LogP contribution in [-0.2, 0) is 14.3 Å². The van der Waals surface area contributed by atoms with Crippen LogP contribution in [0.1, 0.15) is 56.1 Å². The fourth-order valence-corrected chi connectivity index (χ4v) is 4.98. The van der Waals surface area contributed by atoms with Crippen LogP contribution in [-0.4, -0.2) is 53.7 Å². The van der Waals surface area contributed by atoms with Crippen LogP contribution in [0.25, 0.3) is 11.1 Å². The summed E-state index contributed by atoms with van der Waals surface area (Å²) in [5, 5.41) is 11.9.